The lowest BCUT2D eigenvalue weighted by Gasteiger charge is -2.13. The first kappa shape index (κ1) is 33.1. The molecule has 0 fully saturated rings. The van der Waals surface area contributed by atoms with E-state index in [1.807, 2.05) is 0 Å². The van der Waals surface area contributed by atoms with E-state index in [1.165, 1.54) is 57.8 Å². The second-order valence-electron chi connectivity index (χ2n) is 9.33. The summed E-state index contributed by atoms with van der Waals surface area (Å²) in [5.41, 5.74) is 0. The Labute approximate surface area is 200 Å². The maximum atomic E-state index is 11.9. The van der Waals surface area contributed by atoms with Crippen molar-refractivity contribution in [2.24, 2.45) is 11.8 Å². The fraction of sp³-hybridized carbons (Fsp3) is 0.929. The van der Waals surface area contributed by atoms with E-state index in [-0.39, 0.29) is 17.8 Å². The fourth-order valence-corrected chi connectivity index (χ4v) is 3.64. The van der Waals surface area contributed by atoms with Crippen molar-refractivity contribution in [2.45, 2.75) is 150 Å². The molecule has 0 aliphatic heterocycles. The van der Waals surface area contributed by atoms with Crippen molar-refractivity contribution >= 4 is 11.9 Å². The number of esters is 1. The summed E-state index contributed by atoms with van der Waals surface area (Å²) in [4.78, 5) is 22.2. The fourth-order valence-electron chi connectivity index (χ4n) is 3.64. The Morgan fingerprint density at radius 2 is 1.12 bits per heavy atom. The first-order chi connectivity index (χ1) is 15.4. The van der Waals surface area contributed by atoms with Crippen LogP contribution in [0.4, 0.5) is 0 Å². The Morgan fingerprint density at radius 1 is 0.656 bits per heavy atom. The molecule has 0 rings (SSSR count). The normalized spacial score (nSPS) is 12.5. The lowest BCUT2D eigenvalue weighted by atomic mass is 10.00. The van der Waals surface area contributed by atoms with Gasteiger partial charge in [0.05, 0.1) is 18.4 Å². The molecule has 0 radical (unpaired) electrons. The van der Waals surface area contributed by atoms with Crippen molar-refractivity contribution in [3.63, 3.8) is 0 Å². The summed E-state index contributed by atoms with van der Waals surface area (Å²) >= 11 is 0. The van der Waals surface area contributed by atoms with Crippen molar-refractivity contribution in [2.75, 3.05) is 6.61 Å². The van der Waals surface area contributed by atoms with Gasteiger partial charge in [0.2, 0.25) is 0 Å². The van der Waals surface area contributed by atoms with Gasteiger partial charge >= 0.3 is 11.9 Å². The minimum Gasteiger partial charge on any atom is -0.481 e. The predicted octanol–water partition coefficient (Wildman–Crippen LogP) is 8.95. The Hall–Kier alpha value is -1.06. The molecule has 0 aliphatic rings. The molecule has 2 unspecified atom stereocenters. The van der Waals surface area contributed by atoms with Gasteiger partial charge in [0.15, 0.2) is 0 Å². The molecule has 2 atom stereocenters. The Kier molecular flexibility index (Phi) is 27.1. The summed E-state index contributed by atoms with van der Waals surface area (Å²) in [7, 11) is 0. The summed E-state index contributed by atoms with van der Waals surface area (Å²) in [5.74, 6) is -0.669. The summed E-state index contributed by atoms with van der Waals surface area (Å²) in [6, 6.07) is 0. The zero-order valence-electron chi connectivity index (χ0n) is 22.3. The molecule has 1 N–H and O–H groups in total. The van der Waals surface area contributed by atoms with E-state index < -0.39 is 5.97 Å². The monoisotopic (exact) mass is 456 g/mol. The van der Waals surface area contributed by atoms with E-state index in [1.54, 1.807) is 6.92 Å². The van der Waals surface area contributed by atoms with Gasteiger partial charge in [0, 0.05) is 0 Å². The number of aliphatic carboxylic acids is 1. The molecule has 0 spiro atoms. The minimum absolute atomic E-state index is 0.0341. The van der Waals surface area contributed by atoms with Gasteiger partial charge in [-0.15, -0.1) is 0 Å². The Morgan fingerprint density at radius 3 is 1.59 bits per heavy atom. The van der Waals surface area contributed by atoms with Crippen LogP contribution >= 0.6 is 0 Å². The van der Waals surface area contributed by atoms with Crippen LogP contribution in [0, 0.1) is 11.8 Å². The number of carbonyl (C=O) groups excluding carboxylic acids is 1. The number of rotatable bonds is 21. The van der Waals surface area contributed by atoms with Crippen molar-refractivity contribution in [3.8, 4) is 0 Å². The number of ether oxygens (including phenoxy) is 1. The SMILES string of the molecule is CCCCCC(C)C(=O)O.CCCCCCCCCCCCOC(=O)C(CC)CCCC. The minimum atomic E-state index is -0.670. The highest BCUT2D eigenvalue weighted by Gasteiger charge is 2.16. The standard InChI is InChI=1S/C20H40O2.C8H16O2/c1-4-7-9-10-11-12-13-14-15-16-18-22-20(21)19(6-3)17-8-5-2;1-3-4-5-6-7(2)8(9)10/h19H,4-18H2,1-3H3;7H,3-6H2,1-2H3,(H,9,10). The molecule has 0 saturated carbocycles. The molecule has 0 bridgehead atoms. The summed E-state index contributed by atoms with van der Waals surface area (Å²) in [5, 5.41) is 8.48. The largest absolute Gasteiger partial charge is 0.481 e. The second kappa shape index (κ2) is 26.2. The van der Waals surface area contributed by atoms with Crippen LogP contribution < -0.4 is 0 Å². The molecule has 0 aromatic rings. The van der Waals surface area contributed by atoms with Crippen LogP contribution in [0.3, 0.4) is 0 Å². The van der Waals surface area contributed by atoms with Crippen LogP contribution in [-0.4, -0.2) is 23.7 Å². The van der Waals surface area contributed by atoms with E-state index >= 15 is 0 Å². The zero-order valence-corrected chi connectivity index (χ0v) is 22.3. The maximum absolute atomic E-state index is 11.9. The number of hydrogen-bond donors (Lipinski definition) is 1. The van der Waals surface area contributed by atoms with Crippen molar-refractivity contribution in [3.05, 3.63) is 0 Å². The first-order valence-electron chi connectivity index (χ1n) is 13.8. The number of carbonyl (C=O) groups is 2. The third kappa shape index (κ3) is 23.6. The van der Waals surface area contributed by atoms with Crippen LogP contribution in [0.5, 0.6) is 0 Å². The third-order valence-electron chi connectivity index (χ3n) is 6.14. The molecule has 32 heavy (non-hydrogen) atoms. The molecule has 192 valence electrons. The molecule has 0 aromatic heterocycles. The van der Waals surface area contributed by atoms with Gasteiger partial charge in [-0.05, 0) is 25.7 Å². The highest BCUT2D eigenvalue weighted by Crippen LogP contribution is 2.15. The molecule has 0 saturated heterocycles. The highest BCUT2D eigenvalue weighted by atomic mass is 16.5. The molecule has 0 heterocycles. The van der Waals surface area contributed by atoms with Gasteiger partial charge in [-0.1, -0.05) is 125 Å². The quantitative estimate of drug-likeness (QED) is 0.138. The van der Waals surface area contributed by atoms with Crippen molar-refractivity contribution < 1.29 is 19.4 Å². The summed E-state index contributed by atoms with van der Waals surface area (Å²) in [6.45, 7) is 11.0. The Bertz CT molecular complexity index is 408. The lowest BCUT2D eigenvalue weighted by Crippen LogP contribution is -2.17. The number of carboxylic acids is 1. The topological polar surface area (TPSA) is 63.6 Å². The first-order valence-corrected chi connectivity index (χ1v) is 13.8. The lowest BCUT2D eigenvalue weighted by molar-refractivity contribution is -0.149. The van der Waals surface area contributed by atoms with Crippen LogP contribution in [0.15, 0.2) is 0 Å². The van der Waals surface area contributed by atoms with Gasteiger partial charge in [0.1, 0.15) is 0 Å². The van der Waals surface area contributed by atoms with E-state index in [9.17, 15) is 9.59 Å². The predicted molar refractivity (Wildman–Crippen MR) is 137 cm³/mol. The van der Waals surface area contributed by atoms with Crippen molar-refractivity contribution in [1.29, 1.82) is 0 Å². The van der Waals surface area contributed by atoms with Crippen LogP contribution in [-0.2, 0) is 14.3 Å². The molecule has 0 amide bonds. The van der Waals surface area contributed by atoms with Gasteiger partial charge in [-0.2, -0.15) is 0 Å². The van der Waals surface area contributed by atoms with Crippen LogP contribution in [0.25, 0.3) is 0 Å². The molecule has 0 aromatic carbocycles. The van der Waals surface area contributed by atoms with Crippen LogP contribution in [0.2, 0.25) is 0 Å². The van der Waals surface area contributed by atoms with E-state index in [0.29, 0.717) is 6.61 Å². The van der Waals surface area contributed by atoms with Gasteiger partial charge < -0.3 is 9.84 Å². The number of carboxylic acid groups (broad SMARTS) is 1. The van der Waals surface area contributed by atoms with E-state index in [0.717, 1.165) is 57.8 Å². The van der Waals surface area contributed by atoms with Gasteiger partial charge in [-0.25, -0.2) is 0 Å². The van der Waals surface area contributed by atoms with Gasteiger partial charge in [-0.3, -0.25) is 9.59 Å². The zero-order chi connectivity index (χ0) is 24.5. The second-order valence-corrected chi connectivity index (χ2v) is 9.33. The van der Waals surface area contributed by atoms with Crippen LogP contribution in [0.1, 0.15) is 150 Å². The summed E-state index contributed by atoms with van der Waals surface area (Å²) < 4.78 is 5.43. The Balaban J connectivity index is 0. The van der Waals surface area contributed by atoms with E-state index in [2.05, 4.69) is 27.7 Å². The molecular formula is C28H56O4. The van der Waals surface area contributed by atoms with Crippen molar-refractivity contribution in [1.82, 2.24) is 0 Å². The molecule has 4 heteroatoms. The smallest absolute Gasteiger partial charge is 0.308 e. The average Bonchev–Trinajstić information content (AvgIpc) is 2.78. The summed E-state index contributed by atoms with van der Waals surface area (Å²) in [6.07, 6.45) is 21.5. The third-order valence-corrected chi connectivity index (χ3v) is 6.14. The molecular weight excluding hydrogens is 400 g/mol. The average molecular weight is 457 g/mol. The van der Waals surface area contributed by atoms with E-state index in [4.69, 9.17) is 9.84 Å². The molecule has 4 nitrogen and oxygen atoms in total. The number of hydrogen-bond acceptors (Lipinski definition) is 3. The maximum Gasteiger partial charge on any atom is 0.308 e. The molecule has 0 aliphatic carbocycles. The number of unbranched alkanes of at least 4 members (excludes halogenated alkanes) is 12. The highest BCUT2D eigenvalue weighted by molar-refractivity contribution is 5.72. The van der Waals surface area contributed by atoms with Gasteiger partial charge in [0.25, 0.3) is 0 Å².